The first kappa shape index (κ1) is 31.7. The van der Waals surface area contributed by atoms with Gasteiger partial charge in [0.1, 0.15) is 5.60 Å². The Morgan fingerprint density at radius 1 is 1.19 bits per heavy atom. The molecule has 0 saturated carbocycles. The predicted octanol–water partition coefficient (Wildman–Crippen LogP) is -2.67. The van der Waals surface area contributed by atoms with Crippen LogP contribution in [0.3, 0.4) is 0 Å². The summed E-state index contributed by atoms with van der Waals surface area (Å²) in [6, 6.07) is 2.35. The summed E-state index contributed by atoms with van der Waals surface area (Å²) >= 11 is 0. The Labute approximate surface area is 208 Å². The van der Waals surface area contributed by atoms with Gasteiger partial charge in [-0.1, -0.05) is 6.20 Å². The average Bonchev–Trinajstić information content (AvgIpc) is 2.34. The minimum atomic E-state index is -0.787. The summed E-state index contributed by atoms with van der Waals surface area (Å²) in [5.74, 6) is -0.343. The Bertz CT molecular complexity index is 622. The summed E-state index contributed by atoms with van der Waals surface area (Å²) in [5.41, 5.74) is -0.616. The second-order valence-electron chi connectivity index (χ2n) is 6.73. The minimum absolute atomic E-state index is 0. The van der Waals surface area contributed by atoms with Gasteiger partial charge in [-0.3, -0.25) is 9.59 Å². The van der Waals surface area contributed by atoms with Gasteiger partial charge in [-0.25, -0.2) is 5.69 Å². The van der Waals surface area contributed by atoms with Crippen molar-refractivity contribution < 1.29 is 40.5 Å². The van der Waals surface area contributed by atoms with Crippen molar-refractivity contribution >= 4 is 63.8 Å². The Kier molecular flexibility index (Phi) is 17.5. The van der Waals surface area contributed by atoms with Crippen LogP contribution in [0.25, 0.3) is 5.32 Å². The standard InChI is InChI=1S/C17H26N3O3.2ClH.2Mg/c1-11(2)20(12(3)4)15(21)14-9-8-13(10-18-14)19-16(22)23-17(5,6)7;;;;/h9-12H,1-7H3,(H,19,21,22);2*1H;;/q-1;;;2*+2/p-3/i9D;;;;. The predicted molar refractivity (Wildman–Crippen MR) is 100 cm³/mol. The third-order valence-corrected chi connectivity index (χ3v) is 2.78. The molecule has 1 rings (SSSR count). The number of halogens is 2. The van der Waals surface area contributed by atoms with Gasteiger partial charge in [-0.05, 0) is 48.5 Å². The van der Waals surface area contributed by atoms with Gasteiger partial charge >= 0.3 is 46.1 Å². The molecule has 0 atom stereocenters. The molecule has 0 N–H and O–H groups in total. The van der Waals surface area contributed by atoms with Crippen LogP contribution >= 0.6 is 0 Å². The summed E-state index contributed by atoms with van der Waals surface area (Å²) in [4.78, 5) is 29.9. The number of ether oxygens (including phenoxy) is 1. The molecular formula is C17H25Cl2Mg2N3O3. The fourth-order valence-corrected chi connectivity index (χ4v) is 2.05. The van der Waals surface area contributed by atoms with E-state index in [1.165, 1.54) is 6.20 Å². The van der Waals surface area contributed by atoms with E-state index in [-0.39, 0.29) is 106 Å². The molecule has 0 aliphatic rings. The molecule has 0 unspecified atom stereocenters. The number of carbonyl (C=O) groups is 2. The first-order chi connectivity index (χ1) is 10.9. The molecule has 2 amide bonds. The molecule has 0 bridgehead atoms. The zero-order valence-electron chi connectivity index (χ0n) is 18.0. The molecule has 10 heteroatoms. The Balaban J connectivity index is -0.000000720. The average molecular weight is 440 g/mol. The van der Waals surface area contributed by atoms with Crippen LogP contribution in [-0.4, -0.2) is 85.7 Å². The smallest absolute Gasteiger partial charge is 1.00 e. The zero-order chi connectivity index (χ0) is 18.7. The van der Waals surface area contributed by atoms with Gasteiger partial charge in [-0.2, -0.15) is 6.07 Å². The van der Waals surface area contributed by atoms with Gasteiger partial charge in [0, 0.05) is 19.1 Å². The second kappa shape index (κ2) is 14.9. The molecule has 0 fully saturated rings. The van der Waals surface area contributed by atoms with Crippen molar-refractivity contribution in [3.63, 3.8) is 0 Å². The van der Waals surface area contributed by atoms with E-state index < -0.39 is 11.7 Å². The van der Waals surface area contributed by atoms with Crippen LogP contribution in [0.1, 0.15) is 60.3 Å². The molecule has 0 aromatic carbocycles. The molecule has 1 aromatic rings. The van der Waals surface area contributed by atoms with Crippen molar-refractivity contribution in [2.24, 2.45) is 0 Å². The summed E-state index contributed by atoms with van der Waals surface area (Å²) < 4.78 is 13.0. The van der Waals surface area contributed by atoms with E-state index in [1.54, 1.807) is 25.7 Å². The van der Waals surface area contributed by atoms with Crippen molar-refractivity contribution in [2.45, 2.75) is 66.2 Å². The van der Waals surface area contributed by atoms with E-state index in [2.05, 4.69) is 16.4 Å². The van der Waals surface area contributed by atoms with Crippen LogP contribution in [0.15, 0.2) is 12.2 Å². The van der Waals surface area contributed by atoms with Crippen molar-refractivity contribution in [3.8, 4) is 0 Å². The summed E-state index contributed by atoms with van der Waals surface area (Å²) in [6.07, 6.45) is 0.457. The third kappa shape index (κ3) is 12.2. The maximum atomic E-state index is 12.6. The number of nitrogens with zero attached hydrogens (tertiary/aromatic N) is 3. The minimum Gasteiger partial charge on any atom is -1.00 e. The third-order valence-electron chi connectivity index (χ3n) is 2.78. The number of amides is 2. The topological polar surface area (TPSA) is 73.6 Å². The van der Waals surface area contributed by atoms with E-state index in [0.29, 0.717) is 0 Å². The maximum absolute atomic E-state index is 12.6. The number of aromatic nitrogens is 1. The van der Waals surface area contributed by atoms with Gasteiger partial charge in [0.25, 0.3) is 0 Å². The van der Waals surface area contributed by atoms with E-state index >= 15 is 0 Å². The van der Waals surface area contributed by atoms with Crippen molar-refractivity contribution in [1.82, 2.24) is 9.88 Å². The van der Waals surface area contributed by atoms with Gasteiger partial charge in [0.2, 0.25) is 12.0 Å². The Hall–Kier alpha value is 0.00247. The molecule has 0 saturated heterocycles. The molecule has 6 nitrogen and oxygen atoms in total. The number of carbonyl (C=O) groups excluding carboxylic acids is 2. The van der Waals surface area contributed by atoms with E-state index in [9.17, 15) is 9.59 Å². The molecule has 1 heterocycles. The van der Waals surface area contributed by atoms with Crippen molar-refractivity contribution in [3.05, 3.63) is 29.3 Å². The quantitative estimate of drug-likeness (QED) is 0.379. The fraction of sp³-hybridized carbons (Fsp3) is 0.588. The van der Waals surface area contributed by atoms with Gasteiger partial charge in [-0.15, -0.1) is 6.04 Å². The number of rotatable bonds is 4. The fourth-order valence-electron chi connectivity index (χ4n) is 2.05. The molecule has 0 radical (unpaired) electrons. The SMILES string of the molecule is [2H]c1[c-]c([N-]C(=O)OC(C)(C)C)cnc1C(=O)N(C(C)C)C(C)C.[Cl-].[Cl-].[Mg+2].[Mg+2]. The first-order valence-corrected chi connectivity index (χ1v) is 7.58. The summed E-state index contributed by atoms with van der Waals surface area (Å²) in [5, 5.41) is 3.70. The van der Waals surface area contributed by atoms with Gasteiger partial charge in [0.15, 0.2) is 0 Å². The Morgan fingerprint density at radius 2 is 1.67 bits per heavy atom. The molecule has 27 heavy (non-hydrogen) atoms. The van der Waals surface area contributed by atoms with E-state index in [1.807, 2.05) is 27.7 Å². The van der Waals surface area contributed by atoms with E-state index in [4.69, 9.17) is 6.11 Å². The number of hydrogen-bond acceptors (Lipinski definition) is 4. The van der Waals surface area contributed by atoms with Crippen molar-refractivity contribution in [1.29, 1.82) is 0 Å². The molecule has 144 valence electrons. The second-order valence-corrected chi connectivity index (χ2v) is 6.73. The number of hydrogen-bond donors (Lipinski definition) is 0. The van der Waals surface area contributed by atoms with Crippen LogP contribution in [0.2, 0.25) is 0 Å². The molecular weight excluding hydrogens is 414 g/mol. The number of pyridine rings is 1. The van der Waals surface area contributed by atoms with Crippen LogP contribution < -0.4 is 24.8 Å². The molecule has 0 aliphatic carbocycles. The largest absolute Gasteiger partial charge is 2.00 e. The Morgan fingerprint density at radius 3 is 2.04 bits per heavy atom. The monoisotopic (exact) mass is 438 g/mol. The molecule has 0 spiro atoms. The zero-order valence-corrected chi connectivity index (χ0v) is 21.3. The molecule has 0 aliphatic heterocycles. The maximum Gasteiger partial charge on any atom is 2.00 e. The van der Waals surface area contributed by atoms with Crippen LogP contribution in [-0.2, 0) is 4.74 Å². The van der Waals surface area contributed by atoms with Crippen LogP contribution in [0, 0.1) is 6.07 Å². The normalized spacial score (nSPS) is 10.3. The summed E-state index contributed by atoms with van der Waals surface area (Å²) in [6.45, 7) is 12.8. The van der Waals surface area contributed by atoms with Crippen LogP contribution in [0.5, 0.6) is 0 Å². The molecule has 1 aromatic heterocycles. The van der Waals surface area contributed by atoms with Gasteiger partial charge in [0.05, 0.1) is 0 Å². The van der Waals surface area contributed by atoms with Crippen LogP contribution in [0.4, 0.5) is 10.5 Å². The van der Waals surface area contributed by atoms with E-state index in [0.717, 1.165) is 0 Å². The first-order valence-electron chi connectivity index (χ1n) is 8.08. The van der Waals surface area contributed by atoms with Crippen molar-refractivity contribution in [2.75, 3.05) is 0 Å². The van der Waals surface area contributed by atoms with Gasteiger partial charge < -0.3 is 44.8 Å². The summed E-state index contributed by atoms with van der Waals surface area (Å²) in [7, 11) is 0.